The lowest BCUT2D eigenvalue weighted by atomic mass is 9.97. The van der Waals surface area contributed by atoms with E-state index in [0.29, 0.717) is 6.42 Å². The molecule has 1 N–H and O–H groups in total. The fourth-order valence-electron chi connectivity index (χ4n) is 1.56. The van der Waals surface area contributed by atoms with E-state index in [1.165, 1.54) is 12.1 Å². The van der Waals surface area contributed by atoms with E-state index in [-0.39, 0.29) is 17.8 Å². The summed E-state index contributed by atoms with van der Waals surface area (Å²) in [6.45, 7) is 3.90. The predicted molar refractivity (Wildman–Crippen MR) is 66.7 cm³/mol. The van der Waals surface area contributed by atoms with Crippen molar-refractivity contribution in [2.75, 3.05) is 6.26 Å². The molecular formula is C12H18FNO2S. The number of hydrogen-bond acceptors (Lipinski definition) is 2. The summed E-state index contributed by atoms with van der Waals surface area (Å²) in [6.07, 6.45) is 1.71. The molecule has 0 amide bonds. The van der Waals surface area contributed by atoms with Gasteiger partial charge in [0.05, 0.1) is 6.26 Å². The molecule has 1 atom stereocenters. The summed E-state index contributed by atoms with van der Waals surface area (Å²) in [5.41, 5.74) is 0.918. The highest BCUT2D eigenvalue weighted by molar-refractivity contribution is 7.88. The van der Waals surface area contributed by atoms with Crippen molar-refractivity contribution in [1.82, 2.24) is 4.72 Å². The molecule has 0 radical (unpaired) electrons. The summed E-state index contributed by atoms with van der Waals surface area (Å²) in [4.78, 5) is 0. The van der Waals surface area contributed by atoms with Crippen molar-refractivity contribution < 1.29 is 12.8 Å². The zero-order valence-electron chi connectivity index (χ0n) is 10.3. The highest BCUT2D eigenvalue weighted by Crippen LogP contribution is 2.12. The maximum absolute atomic E-state index is 12.7. The Morgan fingerprint density at radius 2 is 1.76 bits per heavy atom. The fraction of sp³-hybridized carbons (Fsp3) is 0.500. The Morgan fingerprint density at radius 1 is 1.24 bits per heavy atom. The van der Waals surface area contributed by atoms with E-state index in [1.807, 2.05) is 13.8 Å². The second kappa shape index (κ2) is 5.60. The maximum atomic E-state index is 12.7. The number of sulfonamides is 1. The van der Waals surface area contributed by atoms with Crippen molar-refractivity contribution in [3.63, 3.8) is 0 Å². The summed E-state index contributed by atoms with van der Waals surface area (Å²) in [5, 5.41) is 0. The molecule has 0 unspecified atom stereocenters. The normalized spacial score (nSPS) is 13.9. The van der Waals surface area contributed by atoms with Crippen molar-refractivity contribution in [1.29, 1.82) is 0 Å². The van der Waals surface area contributed by atoms with Crippen LogP contribution in [0, 0.1) is 11.7 Å². The molecule has 17 heavy (non-hydrogen) atoms. The van der Waals surface area contributed by atoms with Gasteiger partial charge in [-0.2, -0.15) is 0 Å². The quantitative estimate of drug-likeness (QED) is 0.878. The SMILES string of the molecule is CC(C)[C@@H](Cc1ccc(F)cc1)NS(C)(=O)=O. The van der Waals surface area contributed by atoms with Gasteiger partial charge in [0, 0.05) is 6.04 Å². The van der Waals surface area contributed by atoms with Gasteiger partial charge < -0.3 is 0 Å². The van der Waals surface area contributed by atoms with Crippen molar-refractivity contribution in [2.24, 2.45) is 5.92 Å². The van der Waals surface area contributed by atoms with E-state index in [9.17, 15) is 12.8 Å². The Morgan fingerprint density at radius 3 is 2.18 bits per heavy atom. The number of halogens is 1. The van der Waals surface area contributed by atoms with Gasteiger partial charge in [-0.05, 0) is 30.0 Å². The second-order valence-electron chi connectivity index (χ2n) is 4.57. The van der Waals surface area contributed by atoms with Gasteiger partial charge in [0.15, 0.2) is 0 Å². The van der Waals surface area contributed by atoms with Crippen molar-refractivity contribution >= 4 is 10.0 Å². The van der Waals surface area contributed by atoms with E-state index in [2.05, 4.69) is 4.72 Å². The van der Waals surface area contributed by atoms with E-state index in [4.69, 9.17) is 0 Å². The molecule has 0 spiro atoms. The Bertz CT molecular complexity index is 454. The molecule has 0 aliphatic rings. The van der Waals surface area contributed by atoms with Crippen molar-refractivity contribution in [3.8, 4) is 0 Å². The summed E-state index contributed by atoms with van der Waals surface area (Å²) < 4.78 is 37.8. The summed E-state index contributed by atoms with van der Waals surface area (Å²) in [7, 11) is -3.22. The summed E-state index contributed by atoms with van der Waals surface area (Å²) >= 11 is 0. The minimum absolute atomic E-state index is 0.171. The van der Waals surface area contributed by atoms with E-state index in [1.54, 1.807) is 12.1 Å². The van der Waals surface area contributed by atoms with Gasteiger partial charge in [-0.15, -0.1) is 0 Å². The molecule has 0 bridgehead atoms. The van der Waals surface area contributed by atoms with Gasteiger partial charge >= 0.3 is 0 Å². The molecule has 1 aromatic rings. The lowest BCUT2D eigenvalue weighted by molar-refractivity contribution is 0.447. The average molecular weight is 259 g/mol. The lowest BCUT2D eigenvalue weighted by Crippen LogP contribution is -2.39. The smallest absolute Gasteiger partial charge is 0.208 e. The van der Waals surface area contributed by atoms with Gasteiger partial charge in [-0.25, -0.2) is 17.5 Å². The Balaban J connectivity index is 2.77. The van der Waals surface area contributed by atoms with Gasteiger partial charge in [-0.1, -0.05) is 26.0 Å². The van der Waals surface area contributed by atoms with E-state index >= 15 is 0 Å². The number of hydrogen-bond donors (Lipinski definition) is 1. The molecule has 0 saturated heterocycles. The molecular weight excluding hydrogens is 241 g/mol. The first-order chi connectivity index (χ1) is 7.78. The molecule has 0 heterocycles. The molecule has 0 aliphatic heterocycles. The first-order valence-corrected chi connectivity index (χ1v) is 7.39. The lowest BCUT2D eigenvalue weighted by Gasteiger charge is -2.21. The maximum Gasteiger partial charge on any atom is 0.208 e. The highest BCUT2D eigenvalue weighted by atomic mass is 32.2. The number of benzene rings is 1. The number of rotatable bonds is 5. The molecule has 0 saturated carbocycles. The van der Waals surface area contributed by atoms with Crippen LogP contribution in [0.1, 0.15) is 19.4 Å². The Labute approximate surface area is 102 Å². The van der Waals surface area contributed by atoms with Crippen LogP contribution in [0.5, 0.6) is 0 Å². The molecule has 1 aromatic carbocycles. The number of nitrogens with one attached hydrogen (secondary N) is 1. The minimum atomic E-state index is -3.22. The van der Waals surface area contributed by atoms with Crippen molar-refractivity contribution in [3.05, 3.63) is 35.6 Å². The highest BCUT2D eigenvalue weighted by Gasteiger charge is 2.17. The second-order valence-corrected chi connectivity index (χ2v) is 6.35. The van der Waals surface area contributed by atoms with Gasteiger partial charge in [0.1, 0.15) is 5.82 Å². The molecule has 0 aromatic heterocycles. The monoisotopic (exact) mass is 259 g/mol. The van der Waals surface area contributed by atoms with E-state index in [0.717, 1.165) is 11.8 Å². The van der Waals surface area contributed by atoms with Crippen LogP contribution in [-0.2, 0) is 16.4 Å². The Kier molecular flexibility index (Phi) is 4.65. The van der Waals surface area contributed by atoms with Crippen LogP contribution < -0.4 is 4.72 Å². The molecule has 5 heteroatoms. The van der Waals surface area contributed by atoms with Crippen LogP contribution in [0.3, 0.4) is 0 Å². The average Bonchev–Trinajstić information content (AvgIpc) is 2.18. The topological polar surface area (TPSA) is 46.2 Å². The fourth-order valence-corrected chi connectivity index (χ4v) is 2.47. The molecule has 0 fully saturated rings. The standard InChI is InChI=1S/C12H18FNO2S/c1-9(2)12(14-17(3,15)16)8-10-4-6-11(13)7-5-10/h4-7,9,12,14H,8H2,1-3H3/t12-/m1/s1. The minimum Gasteiger partial charge on any atom is -0.213 e. The Hall–Kier alpha value is -0.940. The van der Waals surface area contributed by atoms with Crippen LogP contribution in [0.4, 0.5) is 4.39 Å². The van der Waals surface area contributed by atoms with Crippen LogP contribution in [0.15, 0.2) is 24.3 Å². The van der Waals surface area contributed by atoms with Crippen LogP contribution in [0.25, 0.3) is 0 Å². The molecule has 0 aliphatic carbocycles. The molecule has 3 nitrogen and oxygen atoms in total. The van der Waals surface area contributed by atoms with Crippen LogP contribution in [0.2, 0.25) is 0 Å². The first-order valence-electron chi connectivity index (χ1n) is 5.49. The predicted octanol–water partition coefficient (Wildman–Crippen LogP) is 1.94. The van der Waals surface area contributed by atoms with Gasteiger partial charge in [-0.3, -0.25) is 0 Å². The third-order valence-electron chi connectivity index (χ3n) is 2.54. The largest absolute Gasteiger partial charge is 0.213 e. The zero-order valence-corrected chi connectivity index (χ0v) is 11.1. The first kappa shape index (κ1) is 14.1. The summed E-state index contributed by atoms with van der Waals surface area (Å²) in [6, 6.07) is 5.94. The molecule has 96 valence electrons. The van der Waals surface area contributed by atoms with Gasteiger partial charge in [0.25, 0.3) is 0 Å². The van der Waals surface area contributed by atoms with Gasteiger partial charge in [0.2, 0.25) is 10.0 Å². The van der Waals surface area contributed by atoms with Crippen LogP contribution in [-0.4, -0.2) is 20.7 Å². The van der Waals surface area contributed by atoms with E-state index < -0.39 is 10.0 Å². The third kappa shape index (κ3) is 5.28. The third-order valence-corrected chi connectivity index (χ3v) is 3.27. The zero-order chi connectivity index (χ0) is 13.1. The van der Waals surface area contributed by atoms with Crippen molar-refractivity contribution in [2.45, 2.75) is 26.3 Å². The molecule has 1 rings (SSSR count). The summed E-state index contributed by atoms with van der Waals surface area (Å²) in [5.74, 6) is -0.110. The van der Waals surface area contributed by atoms with Crippen LogP contribution >= 0.6 is 0 Å².